The first-order valence-electron chi connectivity index (χ1n) is 8.04. The van der Waals surface area contributed by atoms with Crippen molar-refractivity contribution in [2.45, 2.75) is 6.92 Å². The van der Waals surface area contributed by atoms with Gasteiger partial charge in [0, 0.05) is 10.6 Å². The summed E-state index contributed by atoms with van der Waals surface area (Å²) < 4.78 is 7.36. The van der Waals surface area contributed by atoms with Crippen LogP contribution in [0.5, 0.6) is 5.75 Å². The highest BCUT2D eigenvalue weighted by molar-refractivity contribution is 7.15. The standard InChI is InChI=1S/C19H14ClN3O2S/c1-2-25-15-9-5-13(6-10-15)17-21-19-23(22-17)18(24)16(26-19)11-12-3-7-14(20)8-4-12/h3-11H,2H2,1H3/b16-11-. The Kier molecular flexibility index (Phi) is 4.44. The van der Waals surface area contributed by atoms with E-state index in [0.717, 1.165) is 16.9 Å². The summed E-state index contributed by atoms with van der Waals surface area (Å²) in [4.78, 5) is 17.6. The van der Waals surface area contributed by atoms with Crippen molar-refractivity contribution in [3.8, 4) is 17.1 Å². The van der Waals surface area contributed by atoms with Gasteiger partial charge in [0.05, 0.1) is 11.1 Å². The maximum Gasteiger partial charge on any atom is 0.291 e. The van der Waals surface area contributed by atoms with Crippen molar-refractivity contribution in [1.82, 2.24) is 14.6 Å². The van der Waals surface area contributed by atoms with E-state index >= 15 is 0 Å². The Balaban J connectivity index is 1.71. The van der Waals surface area contributed by atoms with E-state index in [-0.39, 0.29) is 5.56 Å². The number of fused-ring (bicyclic) bond motifs is 1. The van der Waals surface area contributed by atoms with Gasteiger partial charge in [0.2, 0.25) is 4.96 Å². The molecule has 0 saturated carbocycles. The molecule has 0 amide bonds. The third kappa shape index (κ3) is 3.21. The highest BCUT2D eigenvalue weighted by Crippen LogP contribution is 2.20. The highest BCUT2D eigenvalue weighted by atomic mass is 35.5. The second kappa shape index (κ2) is 6.90. The summed E-state index contributed by atoms with van der Waals surface area (Å²) in [6, 6.07) is 14.8. The van der Waals surface area contributed by atoms with Crippen LogP contribution in [0, 0.1) is 0 Å². The zero-order chi connectivity index (χ0) is 18.1. The van der Waals surface area contributed by atoms with Gasteiger partial charge in [-0.25, -0.2) is 0 Å². The maximum absolute atomic E-state index is 12.6. The normalized spacial score (nSPS) is 12.0. The molecule has 130 valence electrons. The molecule has 4 aromatic rings. The fraction of sp³-hybridized carbons (Fsp3) is 0.105. The quantitative estimate of drug-likeness (QED) is 0.542. The summed E-state index contributed by atoms with van der Waals surface area (Å²) >= 11 is 7.20. The summed E-state index contributed by atoms with van der Waals surface area (Å²) in [5.74, 6) is 1.32. The lowest BCUT2D eigenvalue weighted by atomic mass is 10.2. The zero-order valence-electron chi connectivity index (χ0n) is 13.8. The number of thiazole rings is 1. The van der Waals surface area contributed by atoms with Crippen molar-refractivity contribution in [3.63, 3.8) is 0 Å². The first-order chi connectivity index (χ1) is 12.6. The van der Waals surface area contributed by atoms with E-state index in [4.69, 9.17) is 16.3 Å². The number of rotatable bonds is 4. The van der Waals surface area contributed by atoms with Gasteiger partial charge in [-0.05, 0) is 55.0 Å². The van der Waals surface area contributed by atoms with E-state index in [9.17, 15) is 4.79 Å². The van der Waals surface area contributed by atoms with E-state index in [0.29, 0.717) is 26.9 Å². The van der Waals surface area contributed by atoms with Crippen LogP contribution < -0.4 is 14.8 Å². The van der Waals surface area contributed by atoms with Crippen molar-refractivity contribution in [3.05, 3.63) is 74.0 Å². The lowest BCUT2D eigenvalue weighted by Crippen LogP contribution is -2.23. The Morgan fingerprint density at radius 3 is 2.54 bits per heavy atom. The van der Waals surface area contributed by atoms with Gasteiger partial charge < -0.3 is 4.74 Å². The number of halogens is 1. The van der Waals surface area contributed by atoms with Crippen molar-refractivity contribution < 1.29 is 4.74 Å². The molecule has 0 unspecified atom stereocenters. The second-order valence-corrected chi connectivity index (χ2v) is 7.00. The molecule has 4 rings (SSSR count). The smallest absolute Gasteiger partial charge is 0.291 e. The van der Waals surface area contributed by atoms with Gasteiger partial charge in [-0.3, -0.25) is 4.79 Å². The molecule has 5 nitrogen and oxygen atoms in total. The molecular weight excluding hydrogens is 370 g/mol. The van der Waals surface area contributed by atoms with E-state index in [1.165, 1.54) is 15.9 Å². The summed E-state index contributed by atoms with van der Waals surface area (Å²) in [7, 11) is 0. The van der Waals surface area contributed by atoms with E-state index < -0.39 is 0 Å². The molecule has 0 fully saturated rings. The fourth-order valence-corrected chi connectivity index (χ4v) is 3.57. The Hall–Kier alpha value is -2.70. The molecule has 7 heteroatoms. The number of nitrogens with zero attached hydrogens (tertiary/aromatic N) is 3. The van der Waals surface area contributed by atoms with Crippen molar-refractivity contribution in [2.75, 3.05) is 6.61 Å². The largest absolute Gasteiger partial charge is 0.494 e. The van der Waals surface area contributed by atoms with Gasteiger partial charge in [-0.2, -0.15) is 9.50 Å². The summed E-state index contributed by atoms with van der Waals surface area (Å²) in [5, 5.41) is 5.02. The van der Waals surface area contributed by atoms with Crippen LogP contribution in [-0.2, 0) is 0 Å². The van der Waals surface area contributed by atoms with Crippen molar-refractivity contribution in [2.24, 2.45) is 0 Å². The molecule has 2 aromatic heterocycles. The second-order valence-electron chi connectivity index (χ2n) is 5.55. The SMILES string of the molecule is CCOc1ccc(-c2nc3s/c(=C\c4ccc(Cl)cc4)c(=O)n3n2)cc1. The van der Waals surface area contributed by atoms with Crippen molar-refractivity contribution in [1.29, 1.82) is 0 Å². The number of aromatic nitrogens is 3. The predicted molar refractivity (Wildman–Crippen MR) is 104 cm³/mol. The van der Waals surface area contributed by atoms with Crippen LogP contribution in [0.4, 0.5) is 0 Å². The maximum atomic E-state index is 12.6. The van der Waals surface area contributed by atoms with Crippen LogP contribution in [0.2, 0.25) is 5.02 Å². The molecule has 2 aromatic carbocycles. The van der Waals surface area contributed by atoms with Crippen LogP contribution in [0.1, 0.15) is 12.5 Å². The highest BCUT2D eigenvalue weighted by Gasteiger charge is 2.12. The summed E-state index contributed by atoms with van der Waals surface area (Å²) in [6.07, 6.45) is 1.82. The molecule has 2 heterocycles. The van der Waals surface area contributed by atoms with Gasteiger partial charge in [-0.1, -0.05) is 35.1 Å². The molecule has 0 atom stereocenters. The average Bonchev–Trinajstić information content (AvgIpc) is 3.18. The number of ether oxygens (including phenoxy) is 1. The van der Waals surface area contributed by atoms with Crippen LogP contribution in [-0.4, -0.2) is 21.2 Å². The minimum absolute atomic E-state index is 0.176. The molecule has 0 aliphatic carbocycles. The van der Waals surface area contributed by atoms with E-state index in [1.807, 2.05) is 49.4 Å². The number of hydrogen-bond donors (Lipinski definition) is 0. The molecule has 0 bridgehead atoms. The van der Waals surface area contributed by atoms with E-state index in [1.54, 1.807) is 12.1 Å². The lowest BCUT2D eigenvalue weighted by molar-refractivity contribution is 0.340. The Labute approximate surface area is 158 Å². The number of hydrogen-bond acceptors (Lipinski definition) is 5. The average molecular weight is 384 g/mol. The van der Waals surface area contributed by atoms with Crippen LogP contribution >= 0.6 is 22.9 Å². The van der Waals surface area contributed by atoms with Gasteiger partial charge in [0.25, 0.3) is 5.56 Å². The minimum atomic E-state index is -0.176. The molecule has 0 aliphatic rings. The Bertz CT molecular complexity index is 1160. The van der Waals surface area contributed by atoms with E-state index in [2.05, 4.69) is 10.1 Å². The number of benzene rings is 2. The monoisotopic (exact) mass is 383 g/mol. The van der Waals surface area contributed by atoms with Crippen LogP contribution in [0.15, 0.2) is 53.3 Å². The van der Waals surface area contributed by atoms with Gasteiger partial charge >= 0.3 is 0 Å². The summed E-state index contributed by atoms with van der Waals surface area (Å²) in [5.41, 5.74) is 1.57. The van der Waals surface area contributed by atoms with Crippen LogP contribution in [0.25, 0.3) is 22.4 Å². The molecular formula is C19H14ClN3O2S. The molecule has 26 heavy (non-hydrogen) atoms. The topological polar surface area (TPSA) is 56.5 Å². The van der Waals surface area contributed by atoms with Crippen molar-refractivity contribution >= 4 is 34.0 Å². The van der Waals surface area contributed by atoms with Crippen LogP contribution in [0.3, 0.4) is 0 Å². The minimum Gasteiger partial charge on any atom is -0.494 e. The first kappa shape index (κ1) is 16.8. The van der Waals surface area contributed by atoms with Gasteiger partial charge in [0.1, 0.15) is 5.75 Å². The lowest BCUT2D eigenvalue weighted by Gasteiger charge is -2.02. The third-order valence-electron chi connectivity index (χ3n) is 3.77. The molecule has 0 saturated heterocycles. The zero-order valence-corrected chi connectivity index (χ0v) is 15.4. The first-order valence-corrected chi connectivity index (χ1v) is 9.23. The fourth-order valence-electron chi connectivity index (χ4n) is 2.53. The van der Waals surface area contributed by atoms with Gasteiger partial charge in [-0.15, -0.1) is 5.10 Å². The molecule has 0 aliphatic heterocycles. The molecule has 0 radical (unpaired) electrons. The molecule has 0 N–H and O–H groups in total. The third-order valence-corrected chi connectivity index (χ3v) is 4.98. The Morgan fingerprint density at radius 2 is 1.88 bits per heavy atom. The molecule has 0 spiro atoms. The Morgan fingerprint density at radius 1 is 1.15 bits per heavy atom. The summed E-state index contributed by atoms with van der Waals surface area (Å²) in [6.45, 7) is 2.55. The van der Waals surface area contributed by atoms with Gasteiger partial charge in [0.15, 0.2) is 5.82 Å². The predicted octanol–water partition coefficient (Wildman–Crippen LogP) is 3.42.